The van der Waals surface area contributed by atoms with Crippen molar-refractivity contribution in [3.63, 3.8) is 0 Å². The van der Waals surface area contributed by atoms with Gasteiger partial charge in [0.1, 0.15) is 12.1 Å². The van der Waals surface area contributed by atoms with E-state index < -0.39 is 54.0 Å². The summed E-state index contributed by atoms with van der Waals surface area (Å²) in [5.41, 5.74) is 6.45. The van der Waals surface area contributed by atoms with Crippen molar-refractivity contribution in [1.82, 2.24) is 0 Å². The Kier molecular flexibility index (Phi) is 13.4. The summed E-state index contributed by atoms with van der Waals surface area (Å²) in [6.45, 7) is 16.6. The van der Waals surface area contributed by atoms with Crippen LogP contribution in [0.1, 0.15) is 80.2 Å². The van der Waals surface area contributed by atoms with E-state index in [2.05, 4.69) is 0 Å². The first kappa shape index (κ1) is 33.9. The van der Waals surface area contributed by atoms with E-state index >= 15 is 0 Å². The Morgan fingerprint density at radius 2 is 1.33 bits per heavy atom. The Bertz CT molecular complexity index is 989. The quantitative estimate of drug-likeness (QED) is 0.234. The molecule has 10 nitrogen and oxygen atoms in total. The molecule has 0 heterocycles. The number of hydrogen-bond donors (Lipinski definition) is 2. The summed E-state index contributed by atoms with van der Waals surface area (Å²) < 4.78 is 21.6. The van der Waals surface area contributed by atoms with Crippen molar-refractivity contribution in [2.45, 2.75) is 86.8 Å². The molecule has 0 aliphatic heterocycles. The molecule has 0 aliphatic rings. The minimum absolute atomic E-state index is 0.00530. The van der Waals surface area contributed by atoms with E-state index in [4.69, 9.17) is 24.7 Å². The maximum atomic E-state index is 12.8. The van der Waals surface area contributed by atoms with Gasteiger partial charge in [0, 0.05) is 5.92 Å². The van der Waals surface area contributed by atoms with E-state index in [0.717, 1.165) is 0 Å². The van der Waals surface area contributed by atoms with Gasteiger partial charge < -0.3 is 29.8 Å². The average Bonchev–Trinajstić information content (AvgIpc) is 2.85. The highest BCUT2D eigenvalue weighted by Crippen LogP contribution is 2.36. The van der Waals surface area contributed by atoms with E-state index in [9.17, 15) is 24.3 Å². The molecule has 0 saturated carbocycles. The third-order valence-electron chi connectivity index (χ3n) is 6.70. The molecule has 1 aromatic rings. The van der Waals surface area contributed by atoms with Gasteiger partial charge in [-0.05, 0) is 48.8 Å². The lowest BCUT2D eigenvalue weighted by Crippen LogP contribution is -2.38. The first-order valence-electron chi connectivity index (χ1n) is 13.4. The first-order valence-corrected chi connectivity index (χ1v) is 13.4. The van der Waals surface area contributed by atoms with Gasteiger partial charge in [0.15, 0.2) is 11.5 Å². The van der Waals surface area contributed by atoms with Crippen molar-refractivity contribution in [3.05, 3.63) is 23.8 Å². The van der Waals surface area contributed by atoms with Crippen LogP contribution in [0.25, 0.3) is 0 Å². The van der Waals surface area contributed by atoms with Gasteiger partial charge in [-0.2, -0.15) is 0 Å². The smallest absolute Gasteiger partial charge is 0.480 e. The van der Waals surface area contributed by atoms with Gasteiger partial charge in [-0.25, -0.2) is 4.79 Å². The monoisotopic (exact) mass is 551 g/mol. The van der Waals surface area contributed by atoms with Crippen molar-refractivity contribution < 1.29 is 43.2 Å². The van der Waals surface area contributed by atoms with Crippen LogP contribution in [0.2, 0.25) is 0 Å². The van der Waals surface area contributed by atoms with E-state index in [0.29, 0.717) is 5.56 Å². The topological polar surface area (TPSA) is 151 Å². The molecule has 39 heavy (non-hydrogen) atoms. The summed E-state index contributed by atoms with van der Waals surface area (Å²) in [7, 11) is 0. The van der Waals surface area contributed by atoms with E-state index in [1.165, 1.54) is 12.1 Å². The fraction of sp³-hybridized carbons (Fsp3) is 0.655. The number of nitrogens with two attached hydrogens (primary N) is 1. The van der Waals surface area contributed by atoms with Gasteiger partial charge in [-0.1, -0.05) is 61.5 Å². The Hall–Kier alpha value is -3.14. The molecule has 1 rings (SSSR count). The molecule has 5 atom stereocenters. The number of carbonyl (C=O) groups is 4. The van der Waals surface area contributed by atoms with Crippen LogP contribution < -0.4 is 15.2 Å². The standard InChI is InChI=1S/C29H45NO9/c1-15(2)14-36-29(35)37-18(7)12-22(25(30)26(31)32)21-10-11-23(38-27(33)19(8)16(3)4)24(13-21)39-28(34)20(9)17(5)6/h10-11,13,15-20,22,25H,12,14,30H2,1-9H3,(H,31,32)/t18?,19?,20?,22?,25-/m0/s1. The van der Waals surface area contributed by atoms with Crippen molar-refractivity contribution in [2.75, 3.05) is 6.61 Å². The highest BCUT2D eigenvalue weighted by Gasteiger charge is 2.31. The number of benzene rings is 1. The number of carbonyl (C=O) groups excluding carboxylic acids is 3. The van der Waals surface area contributed by atoms with Crippen molar-refractivity contribution in [3.8, 4) is 11.5 Å². The normalized spacial score (nSPS) is 15.3. The highest BCUT2D eigenvalue weighted by molar-refractivity contribution is 5.79. The third kappa shape index (κ3) is 10.9. The van der Waals surface area contributed by atoms with Gasteiger partial charge in [0.25, 0.3) is 0 Å². The van der Waals surface area contributed by atoms with E-state index in [1.807, 2.05) is 41.5 Å². The molecule has 4 unspecified atom stereocenters. The lowest BCUT2D eigenvalue weighted by Gasteiger charge is -2.26. The zero-order valence-electron chi connectivity index (χ0n) is 24.6. The van der Waals surface area contributed by atoms with Crippen LogP contribution in [0.4, 0.5) is 4.79 Å². The average molecular weight is 552 g/mol. The largest absolute Gasteiger partial charge is 0.508 e. The molecule has 0 saturated heterocycles. The van der Waals surface area contributed by atoms with Gasteiger partial charge in [-0.15, -0.1) is 0 Å². The zero-order chi connectivity index (χ0) is 30.0. The van der Waals surface area contributed by atoms with Crippen molar-refractivity contribution in [1.29, 1.82) is 0 Å². The Labute approximate surface area is 231 Å². The maximum absolute atomic E-state index is 12.8. The molecule has 0 aromatic heterocycles. The van der Waals surface area contributed by atoms with Gasteiger partial charge >= 0.3 is 24.1 Å². The summed E-state index contributed by atoms with van der Waals surface area (Å²) in [5.74, 6) is -3.84. The van der Waals surface area contributed by atoms with Gasteiger partial charge in [0.05, 0.1) is 18.4 Å². The summed E-state index contributed by atoms with van der Waals surface area (Å²) in [4.78, 5) is 49.4. The molecule has 220 valence electrons. The molecule has 0 fully saturated rings. The Morgan fingerprint density at radius 1 is 0.821 bits per heavy atom. The lowest BCUT2D eigenvalue weighted by molar-refractivity contribution is -0.142. The summed E-state index contributed by atoms with van der Waals surface area (Å²) in [5, 5.41) is 9.68. The number of carboxylic acid groups (broad SMARTS) is 1. The molecular formula is C29H45NO9. The fourth-order valence-corrected chi connectivity index (χ4v) is 3.37. The number of esters is 2. The van der Waals surface area contributed by atoms with Crippen LogP contribution >= 0.6 is 0 Å². The minimum atomic E-state index is -1.37. The van der Waals surface area contributed by atoms with Crippen LogP contribution in [-0.4, -0.2) is 47.9 Å². The molecule has 0 aliphatic carbocycles. The van der Waals surface area contributed by atoms with Crippen LogP contribution in [-0.2, 0) is 23.9 Å². The van der Waals surface area contributed by atoms with E-state index in [1.54, 1.807) is 26.8 Å². The molecule has 0 radical (unpaired) electrons. The second-order valence-corrected chi connectivity index (χ2v) is 11.2. The second kappa shape index (κ2) is 15.5. The molecule has 3 N–H and O–H groups in total. The number of ether oxygens (including phenoxy) is 4. The third-order valence-corrected chi connectivity index (χ3v) is 6.70. The molecular weight excluding hydrogens is 506 g/mol. The van der Waals surface area contributed by atoms with Crippen molar-refractivity contribution >= 4 is 24.1 Å². The molecule has 1 aromatic carbocycles. The Balaban J connectivity index is 3.39. The predicted octanol–water partition coefficient (Wildman–Crippen LogP) is 5.16. The van der Waals surface area contributed by atoms with Crippen LogP contribution in [0.5, 0.6) is 11.5 Å². The van der Waals surface area contributed by atoms with Gasteiger partial charge in [0.2, 0.25) is 0 Å². The second-order valence-electron chi connectivity index (χ2n) is 11.2. The summed E-state index contributed by atoms with van der Waals surface area (Å²) in [6.07, 6.45) is -1.56. The van der Waals surface area contributed by atoms with E-state index in [-0.39, 0.29) is 42.3 Å². The zero-order valence-corrected chi connectivity index (χ0v) is 24.6. The number of carboxylic acids is 1. The maximum Gasteiger partial charge on any atom is 0.508 e. The van der Waals surface area contributed by atoms with Crippen molar-refractivity contribution in [2.24, 2.45) is 35.3 Å². The molecule has 10 heteroatoms. The number of hydrogen-bond acceptors (Lipinski definition) is 9. The summed E-state index contributed by atoms with van der Waals surface area (Å²) in [6, 6.07) is 3.09. The fourth-order valence-electron chi connectivity index (χ4n) is 3.37. The molecule has 0 amide bonds. The SMILES string of the molecule is CC(C)COC(=O)OC(C)CC(c1ccc(OC(=O)C(C)C(C)C)c(OC(=O)C(C)C(C)C)c1)[C@H](N)C(=O)O. The lowest BCUT2D eigenvalue weighted by atomic mass is 9.87. The number of rotatable bonds is 14. The van der Waals surface area contributed by atoms with Gasteiger partial charge in [-0.3, -0.25) is 14.4 Å². The van der Waals surface area contributed by atoms with Crippen LogP contribution in [0.15, 0.2) is 18.2 Å². The predicted molar refractivity (Wildman–Crippen MR) is 145 cm³/mol. The van der Waals surface area contributed by atoms with Crippen LogP contribution in [0.3, 0.4) is 0 Å². The first-order chi connectivity index (χ1) is 18.0. The number of aliphatic carboxylic acids is 1. The molecule has 0 bridgehead atoms. The summed E-state index contributed by atoms with van der Waals surface area (Å²) >= 11 is 0. The van der Waals surface area contributed by atoms with Crippen LogP contribution in [0, 0.1) is 29.6 Å². The minimum Gasteiger partial charge on any atom is -0.480 e. The highest BCUT2D eigenvalue weighted by atomic mass is 16.7. The molecule has 0 spiro atoms. The Morgan fingerprint density at radius 3 is 1.79 bits per heavy atom.